The molecule has 0 radical (unpaired) electrons. The Kier molecular flexibility index (Phi) is 8.23. The van der Waals surface area contributed by atoms with Gasteiger partial charge in [0.1, 0.15) is 6.61 Å². The number of rotatable bonds is 8. The van der Waals surface area contributed by atoms with E-state index < -0.39 is 0 Å². The van der Waals surface area contributed by atoms with Crippen LogP contribution >= 0.6 is 12.4 Å². The van der Waals surface area contributed by atoms with Crippen molar-refractivity contribution in [3.63, 3.8) is 0 Å². The lowest BCUT2D eigenvalue weighted by Gasteiger charge is -2.14. The van der Waals surface area contributed by atoms with Gasteiger partial charge in [0.25, 0.3) is 0 Å². The molecule has 0 saturated carbocycles. The number of aryl methyl sites for hydroxylation is 1. The summed E-state index contributed by atoms with van der Waals surface area (Å²) in [5.41, 5.74) is 3.58. The van der Waals surface area contributed by atoms with Gasteiger partial charge in [-0.2, -0.15) is 0 Å². The van der Waals surface area contributed by atoms with Gasteiger partial charge in [0.2, 0.25) is 0 Å². The maximum absolute atomic E-state index is 5.93. The van der Waals surface area contributed by atoms with Crippen molar-refractivity contribution in [2.45, 2.75) is 39.0 Å². The fraction of sp³-hybridized carbons (Fsp3) is 0.429. The predicted octanol–water partition coefficient (Wildman–Crippen LogP) is 4.27. The Morgan fingerprint density at radius 2 is 1.85 bits per heavy atom. The van der Waals surface area contributed by atoms with Gasteiger partial charge in [-0.1, -0.05) is 35.9 Å². The van der Waals surface area contributed by atoms with Gasteiger partial charge in [-0.25, -0.2) is 0 Å². The van der Waals surface area contributed by atoms with Crippen LogP contribution in [0.15, 0.2) is 42.5 Å². The van der Waals surface area contributed by atoms with Crippen molar-refractivity contribution in [1.29, 1.82) is 0 Å². The molecule has 26 heavy (non-hydrogen) atoms. The molecule has 0 bridgehead atoms. The highest BCUT2D eigenvalue weighted by Crippen LogP contribution is 2.29. The zero-order chi connectivity index (χ0) is 17.5. The molecule has 0 aliphatic carbocycles. The summed E-state index contributed by atoms with van der Waals surface area (Å²) in [7, 11) is 1.68. The average Bonchev–Trinajstić information content (AvgIpc) is 3.15. The van der Waals surface area contributed by atoms with E-state index in [2.05, 4.69) is 42.6 Å². The summed E-state index contributed by atoms with van der Waals surface area (Å²) < 4.78 is 17.1. The van der Waals surface area contributed by atoms with Gasteiger partial charge in [0.05, 0.1) is 13.2 Å². The maximum atomic E-state index is 5.93. The van der Waals surface area contributed by atoms with Gasteiger partial charge in [-0.15, -0.1) is 12.4 Å². The van der Waals surface area contributed by atoms with Crippen LogP contribution in [0.25, 0.3) is 0 Å². The Morgan fingerprint density at radius 1 is 1.08 bits per heavy atom. The lowest BCUT2D eigenvalue weighted by Crippen LogP contribution is -2.25. The third-order valence-corrected chi connectivity index (χ3v) is 4.47. The standard InChI is InChI=1S/C21H27NO3.ClH/c1-16-5-7-17(8-6-16)15-25-20-10-9-18(12-21(20)23-2)13-22-14-19-4-3-11-24-19;/h5-10,12,19,22H,3-4,11,13-15H2,1-2H3;1H. The van der Waals surface area contributed by atoms with Gasteiger partial charge < -0.3 is 19.5 Å². The first-order valence-corrected chi connectivity index (χ1v) is 8.92. The predicted molar refractivity (Wildman–Crippen MR) is 106 cm³/mol. The van der Waals surface area contributed by atoms with E-state index in [9.17, 15) is 0 Å². The van der Waals surface area contributed by atoms with Crippen LogP contribution in [-0.4, -0.2) is 26.4 Å². The van der Waals surface area contributed by atoms with Gasteiger partial charge in [0, 0.05) is 19.7 Å². The van der Waals surface area contributed by atoms with Gasteiger partial charge in [-0.05, 0) is 43.0 Å². The summed E-state index contributed by atoms with van der Waals surface area (Å²) in [6.07, 6.45) is 2.69. The second-order valence-corrected chi connectivity index (χ2v) is 6.53. The quantitative estimate of drug-likeness (QED) is 0.745. The number of hydrogen-bond donors (Lipinski definition) is 1. The number of ether oxygens (including phenoxy) is 3. The first-order valence-electron chi connectivity index (χ1n) is 8.92. The monoisotopic (exact) mass is 377 g/mol. The minimum atomic E-state index is 0. The molecular formula is C21H28ClNO3. The summed E-state index contributed by atoms with van der Waals surface area (Å²) in [6, 6.07) is 14.5. The van der Waals surface area contributed by atoms with Crippen LogP contribution in [0.4, 0.5) is 0 Å². The number of benzene rings is 2. The van der Waals surface area contributed by atoms with Gasteiger partial charge in [0.15, 0.2) is 11.5 Å². The Bertz CT molecular complexity index is 669. The van der Waals surface area contributed by atoms with Crippen molar-refractivity contribution in [3.05, 3.63) is 59.2 Å². The van der Waals surface area contributed by atoms with Crippen molar-refractivity contribution in [2.24, 2.45) is 0 Å². The van der Waals surface area contributed by atoms with Crippen LogP contribution in [0.5, 0.6) is 11.5 Å². The third kappa shape index (κ3) is 5.90. The third-order valence-electron chi connectivity index (χ3n) is 4.47. The summed E-state index contributed by atoms with van der Waals surface area (Å²) in [4.78, 5) is 0. The Hall–Kier alpha value is -1.75. The summed E-state index contributed by atoms with van der Waals surface area (Å²) in [6.45, 7) is 5.21. The zero-order valence-electron chi connectivity index (χ0n) is 15.5. The maximum Gasteiger partial charge on any atom is 0.161 e. The van der Waals surface area contributed by atoms with Crippen LogP contribution < -0.4 is 14.8 Å². The fourth-order valence-electron chi connectivity index (χ4n) is 2.97. The van der Waals surface area contributed by atoms with E-state index in [0.29, 0.717) is 12.7 Å². The molecule has 1 saturated heterocycles. The molecule has 1 N–H and O–H groups in total. The van der Waals surface area contributed by atoms with E-state index in [4.69, 9.17) is 14.2 Å². The molecule has 0 aromatic heterocycles. The number of hydrogen-bond acceptors (Lipinski definition) is 4. The topological polar surface area (TPSA) is 39.7 Å². The molecule has 1 atom stereocenters. The Labute approximate surface area is 162 Å². The normalized spacial score (nSPS) is 16.2. The lowest BCUT2D eigenvalue weighted by atomic mass is 10.1. The molecule has 5 heteroatoms. The first-order chi connectivity index (χ1) is 12.2. The number of methoxy groups -OCH3 is 1. The fourth-order valence-corrected chi connectivity index (χ4v) is 2.97. The van der Waals surface area contributed by atoms with Crippen molar-refractivity contribution in [2.75, 3.05) is 20.3 Å². The highest BCUT2D eigenvalue weighted by Gasteiger charge is 2.14. The molecular weight excluding hydrogens is 350 g/mol. The van der Waals surface area contributed by atoms with E-state index in [1.165, 1.54) is 17.5 Å². The molecule has 2 aromatic rings. The molecule has 1 fully saturated rings. The lowest BCUT2D eigenvalue weighted by molar-refractivity contribution is 0.110. The molecule has 142 valence electrons. The smallest absolute Gasteiger partial charge is 0.161 e. The second-order valence-electron chi connectivity index (χ2n) is 6.53. The highest BCUT2D eigenvalue weighted by atomic mass is 35.5. The molecule has 0 amide bonds. The van der Waals surface area contributed by atoms with Crippen LogP contribution in [0, 0.1) is 6.92 Å². The summed E-state index contributed by atoms with van der Waals surface area (Å²) in [5, 5.41) is 3.46. The second kappa shape index (κ2) is 10.4. The van der Waals surface area contributed by atoms with E-state index in [1.807, 2.05) is 12.1 Å². The Morgan fingerprint density at radius 3 is 2.54 bits per heavy atom. The Balaban J connectivity index is 0.00000243. The SMILES string of the molecule is COc1cc(CNCC2CCCO2)ccc1OCc1ccc(C)cc1.Cl. The first kappa shape index (κ1) is 20.6. The van der Waals surface area contributed by atoms with Crippen molar-refractivity contribution >= 4 is 12.4 Å². The van der Waals surface area contributed by atoms with Crippen LogP contribution in [0.3, 0.4) is 0 Å². The van der Waals surface area contributed by atoms with Crippen LogP contribution in [0.2, 0.25) is 0 Å². The molecule has 4 nitrogen and oxygen atoms in total. The van der Waals surface area contributed by atoms with E-state index in [0.717, 1.165) is 43.2 Å². The van der Waals surface area contributed by atoms with Crippen molar-refractivity contribution < 1.29 is 14.2 Å². The van der Waals surface area contributed by atoms with Crippen molar-refractivity contribution in [3.8, 4) is 11.5 Å². The summed E-state index contributed by atoms with van der Waals surface area (Å²) in [5.74, 6) is 1.54. The van der Waals surface area contributed by atoms with Crippen molar-refractivity contribution in [1.82, 2.24) is 5.32 Å². The minimum Gasteiger partial charge on any atom is -0.493 e. The number of halogens is 1. The van der Waals surface area contributed by atoms with Gasteiger partial charge in [-0.3, -0.25) is 0 Å². The average molecular weight is 378 g/mol. The van der Waals surface area contributed by atoms with Crippen LogP contribution in [-0.2, 0) is 17.9 Å². The number of nitrogens with one attached hydrogen (secondary N) is 1. The zero-order valence-corrected chi connectivity index (χ0v) is 16.3. The van der Waals surface area contributed by atoms with Gasteiger partial charge >= 0.3 is 0 Å². The van der Waals surface area contributed by atoms with E-state index >= 15 is 0 Å². The minimum absolute atomic E-state index is 0. The molecule has 3 rings (SSSR count). The molecule has 2 aromatic carbocycles. The van der Waals surface area contributed by atoms with Crippen LogP contribution in [0.1, 0.15) is 29.5 Å². The van der Waals surface area contributed by atoms with E-state index in [-0.39, 0.29) is 12.4 Å². The largest absolute Gasteiger partial charge is 0.493 e. The molecule has 1 unspecified atom stereocenters. The van der Waals surface area contributed by atoms with E-state index in [1.54, 1.807) is 7.11 Å². The molecule has 1 aliphatic heterocycles. The highest BCUT2D eigenvalue weighted by molar-refractivity contribution is 5.85. The molecule has 1 heterocycles. The summed E-state index contributed by atoms with van der Waals surface area (Å²) >= 11 is 0. The molecule has 0 spiro atoms. The molecule has 1 aliphatic rings.